The van der Waals surface area contributed by atoms with E-state index in [4.69, 9.17) is 17.2 Å². The molecule has 0 saturated heterocycles. The van der Waals surface area contributed by atoms with Crippen LogP contribution in [0.15, 0.2) is 12.5 Å². The molecule has 200 valence electrons. The van der Waals surface area contributed by atoms with Gasteiger partial charge in [-0.2, -0.15) is 0 Å². The van der Waals surface area contributed by atoms with Crippen molar-refractivity contribution in [1.82, 2.24) is 25.9 Å². The van der Waals surface area contributed by atoms with Crippen molar-refractivity contribution in [3.05, 3.63) is 18.2 Å². The summed E-state index contributed by atoms with van der Waals surface area (Å²) < 4.78 is 0. The summed E-state index contributed by atoms with van der Waals surface area (Å²) >= 11 is 0. The number of nitrogens with two attached hydrogens (primary N) is 3. The number of imidazole rings is 1. The van der Waals surface area contributed by atoms with Crippen LogP contribution < -0.4 is 33.2 Å². The van der Waals surface area contributed by atoms with Crippen LogP contribution in [0.5, 0.6) is 0 Å². The number of aliphatic hydroxyl groups excluding tert-OH is 1. The molecule has 0 spiro atoms. The van der Waals surface area contributed by atoms with Gasteiger partial charge in [-0.15, -0.1) is 0 Å². The van der Waals surface area contributed by atoms with Gasteiger partial charge in [0.1, 0.15) is 18.1 Å². The molecule has 1 aromatic rings. The molecular formula is C20H32N8O8. The highest BCUT2D eigenvalue weighted by Gasteiger charge is 2.32. The Kier molecular flexibility index (Phi) is 12.0. The summed E-state index contributed by atoms with van der Waals surface area (Å²) in [4.78, 5) is 78.2. The molecule has 0 bridgehead atoms. The predicted octanol–water partition coefficient (Wildman–Crippen LogP) is -4.27. The number of carbonyl (C=O) groups is 6. The molecule has 36 heavy (non-hydrogen) atoms. The van der Waals surface area contributed by atoms with E-state index in [1.54, 1.807) is 0 Å². The van der Waals surface area contributed by atoms with E-state index in [2.05, 4.69) is 25.9 Å². The van der Waals surface area contributed by atoms with Gasteiger partial charge in [0.25, 0.3) is 0 Å². The van der Waals surface area contributed by atoms with Crippen molar-refractivity contribution in [1.29, 1.82) is 0 Å². The Morgan fingerprint density at radius 1 is 0.944 bits per heavy atom. The van der Waals surface area contributed by atoms with Crippen LogP contribution in [0, 0.1) is 0 Å². The largest absolute Gasteiger partial charge is 0.480 e. The van der Waals surface area contributed by atoms with Crippen molar-refractivity contribution in [2.75, 3.05) is 0 Å². The third kappa shape index (κ3) is 10.5. The monoisotopic (exact) mass is 512 g/mol. The third-order valence-electron chi connectivity index (χ3n) is 5.01. The molecule has 1 rings (SSSR count). The molecule has 0 aliphatic rings. The number of nitrogens with one attached hydrogen (secondary N) is 4. The number of H-pyrrole nitrogens is 1. The second-order valence-electron chi connectivity index (χ2n) is 8.08. The predicted molar refractivity (Wildman–Crippen MR) is 122 cm³/mol. The first-order valence-electron chi connectivity index (χ1n) is 10.9. The maximum Gasteiger partial charge on any atom is 0.326 e. The summed E-state index contributed by atoms with van der Waals surface area (Å²) in [7, 11) is 0. The number of amides is 5. The van der Waals surface area contributed by atoms with Gasteiger partial charge in [0, 0.05) is 31.2 Å². The van der Waals surface area contributed by atoms with Crippen LogP contribution in [0.3, 0.4) is 0 Å². The average Bonchev–Trinajstić information content (AvgIpc) is 3.30. The summed E-state index contributed by atoms with van der Waals surface area (Å²) in [5.41, 5.74) is 16.2. The number of carboxylic acid groups (broad SMARTS) is 1. The second-order valence-corrected chi connectivity index (χ2v) is 8.08. The van der Waals surface area contributed by atoms with E-state index >= 15 is 0 Å². The van der Waals surface area contributed by atoms with E-state index in [1.165, 1.54) is 19.4 Å². The van der Waals surface area contributed by atoms with Gasteiger partial charge in [0.15, 0.2) is 0 Å². The quantitative estimate of drug-likeness (QED) is 0.103. The fraction of sp³-hybridized carbons (Fsp3) is 0.550. The van der Waals surface area contributed by atoms with Crippen LogP contribution >= 0.6 is 0 Å². The normalized spacial score (nSPS) is 15.0. The van der Waals surface area contributed by atoms with Gasteiger partial charge in [0.2, 0.25) is 29.5 Å². The number of hydrogen-bond acceptors (Lipinski definition) is 9. The second kappa shape index (κ2) is 14.4. The lowest BCUT2D eigenvalue weighted by atomic mass is 10.1. The van der Waals surface area contributed by atoms with Crippen LogP contribution in [0.1, 0.15) is 38.3 Å². The minimum Gasteiger partial charge on any atom is -0.480 e. The SMILES string of the molecule is CC(O)C(NC(=O)C(N)CCC(N)=O)C(=O)NC(CCC(N)=O)C(=O)NC(Cc1cnc[nH]1)C(=O)O. The Bertz CT molecular complexity index is 936. The van der Waals surface area contributed by atoms with E-state index in [-0.39, 0.29) is 32.1 Å². The number of aliphatic carboxylic acids is 1. The highest BCUT2D eigenvalue weighted by molar-refractivity contribution is 5.94. The van der Waals surface area contributed by atoms with Crippen molar-refractivity contribution >= 4 is 35.5 Å². The van der Waals surface area contributed by atoms with Crippen LogP contribution in [-0.2, 0) is 35.2 Å². The molecule has 0 radical (unpaired) electrons. The lowest BCUT2D eigenvalue weighted by Crippen LogP contribution is -2.60. The lowest BCUT2D eigenvalue weighted by molar-refractivity contribution is -0.142. The fourth-order valence-electron chi connectivity index (χ4n) is 3.00. The van der Waals surface area contributed by atoms with Gasteiger partial charge in [-0.3, -0.25) is 24.0 Å². The number of aromatic nitrogens is 2. The summed E-state index contributed by atoms with van der Waals surface area (Å²) in [5, 5.41) is 26.3. The van der Waals surface area contributed by atoms with Gasteiger partial charge < -0.3 is 48.3 Å². The first-order chi connectivity index (χ1) is 16.8. The van der Waals surface area contributed by atoms with Crippen LogP contribution in [0.25, 0.3) is 0 Å². The number of aromatic amines is 1. The van der Waals surface area contributed by atoms with Gasteiger partial charge in [-0.05, 0) is 19.8 Å². The molecule has 0 fully saturated rings. The van der Waals surface area contributed by atoms with Crippen molar-refractivity contribution in [2.45, 2.75) is 69.3 Å². The van der Waals surface area contributed by atoms with Crippen molar-refractivity contribution in [3.8, 4) is 0 Å². The molecule has 0 aliphatic carbocycles. The highest BCUT2D eigenvalue weighted by Crippen LogP contribution is 2.05. The molecule has 16 heteroatoms. The maximum atomic E-state index is 12.8. The minimum atomic E-state index is -1.57. The van der Waals surface area contributed by atoms with E-state index in [0.717, 1.165) is 0 Å². The molecule has 16 nitrogen and oxygen atoms in total. The molecule has 12 N–H and O–H groups in total. The smallest absolute Gasteiger partial charge is 0.326 e. The van der Waals surface area contributed by atoms with Crippen LogP contribution in [-0.4, -0.2) is 86.0 Å². The van der Waals surface area contributed by atoms with Crippen LogP contribution in [0.4, 0.5) is 0 Å². The zero-order valence-corrected chi connectivity index (χ0v) is 19.6. The van der Waals surface area contributed by atoms with E-state index in [1.807, 2.05) is 0 Å². The topological polar surface area (TPSA) is 286 Å². The van der Waals surface area contributed by atoms with E-state index < -0.39 is 65.8 Å². The number of nitrogens with zero attached hydrogens (tertiary/aromatic N) is 1. The molecule has 5 unspecified atom stereocenters. The Morgan fingerprint density at radius 3 is 2.03 bits per heavy atom. The number of aliphatic hydroxyl groups is 1. The minimum absolute atomic E-state index is 0.105. The zero-order chi connectivity index (χ0) is 27.4. The summed E-state index contributed by atoms with van der Waals surface area (Å²) in [6, 6.07) is -5.61. The molecule has 5 atom stereocenters. The summed E-state index contributed by atoms with van der Waals surface area (Å²) in [5.74, 6) is -5.64. The van der Waals surface area contributed by atoms with Crippen molar-refractivity contribution in [2.24, 2.45) is 17.2 Å². The summed E-state index contributed by atoms with van der Waals surface area (Å²) in [6.45, 7) is 1.20. The van der Waals surface area contributed by atoms with Gasteiger partial charge in [-0.1, -0.05) is 0 Å². The van der Waals surface area contributed by atoms with Gasteiger partial charge >= 0.3 is 5.97 Å². The molecule has 0 saturated carbocycles. The Hall–Kier alpha value is -4.05. The lowest BCUT2D eigenvalue weighted by Gasteiger charge is -2.26. The van der Waals surface area contributed by atoms with Crippen LogP contribution in [0.2, 0.25) is 0 Å². The maximum absolute atomic E-state index is 12.8. The van der Waals surface area contributed by atoms with Crippen molar-refractivity contribution in [3.63, 3.8) is 0 Å². The van der Waals surface area contributed by atoms with E-state index in [0.29, 0.717) is 5.69 Å². The molecule has 1 heterocycles. The van der Waals surface area contributed by atoms with Crippen molar-refractivity contribution < 1.29 is 39.0 Å². The molecule has 0 aliphatic heterocycles. The fourth-order valence-corrected chi connectivity index (χ4v) is 3.00. The highest BCUT2D eigenvalue weighted by atomic mass is 16.4. The molecular weight excluding hydrogens is 480 g/mol. The Morgan fingerprint density at radius 2 is 1.53 bits per heavy atom. The standard InChI is InChI=1S/C20H32N8O8/c1-9(29)16(28-17(32)11(21)2-4-14(22)30)19(34)26-12(3-5-15(23)31)18(33)27-13(20(35)36)6-10-7-24-8-25-10/h7-9,11-13,16,29H,2-6,21H2,1H3,(H2,22,30)(H2,23,31)(H,24,25)(H,26,34)(H,27,33)(H,28,32)(H,35,36). The Labute approximate surface area is 205 Å². The Balaban J connectivity index is 2.96. The number of rotatable bonds is 16. The number of primary amides is 2. The number of carboxylic acids is 1. The zero-order valence-electron chi connectivity index (χ0n) is 19.6. The third-order valence-corrected chi connectivity index (χ3v) is 5.01. The first kappa shape index (κ1) is 30.0. The van der Waals surface area contributed by atoms with E-state index in [9.17, 15) is 39.0 Å². The van der Waals surface area contributed by atoms with Gasteiger partial charge in [-0.25, -0.2) is 9.78 Å². The number of carbonyl (C=O) groups excluding carboxylic acids is 5. The summed E-state index contributed by atoms with van der Waals surface area (Å²) in [6.07, 6.45) is 0.207. The molecule has 0 aromatic carbocycles. The molecule has 5 amide bonds. The molecule has 1 aromatic heterocycles. The first-order valence-corrected chi connectivity index (χ1v) is 10.9. The van der Waals surface area contributed by atoms with Gasteiger partial charge in [0.05, 0.1) is 18.5 Å². The average molecular weight is 513 g/mol. The number of hydrogen-bond donors (Lipinski definition) is 9.